The number of nitrogens with zero attached hydrogens (tertiary/aromatic N) is 1. The van der Waals surface area contributed by atoms with Gasteiger partial charge in [-0.05, 0) is 32.3 Å². The van der Waals surface area contributed by atoms with Gasteiger partial charge in [0.05, 0.1) is 12.6 Å². The Morgan fingerprint density at radius 2 is 1.96 bits per heavy atom. The summed E-state index contributed by atoms with van der Waals surface area (Å²) in [5.41, 5.74) is 2.63. The highest BCUT2D eigenvalue weighted by Gasteiger charge is 2.21. The van der Waals surface area contributed by atoms with Crippen molar-refractivity contribution in [2.45, 2.75) is 52.1 Å². The Morgan fingerprint density at radius 3 is 2.54 bits per heavy atom. The normalized spacial score (nSPS) is 18.2. The van der Waals surface area contributed by atoms with Crippen molar-refractivity contribution in [1.82, 2.24) is 10.6 Å². The lowest BCUT2D eigenvalue weighted by Gasteiger charge is -2.24. The fraction of sp³-hybridized carbons (Fsp3) is 0.632. The number of halogens is 1. The van der Waals surface area contributed by atoms with Crippen LogP contribution in [0.5, 0.6) is 0 Å². The van der Waals surface area contributed by atoms with Crippen LogP contribution < -0.4 is 10.6 Å². The van der Waals surface area contributed by atoms with Crippen molar-refractivity contribution >= 4 is 29.9 Å². The maximum atomic E-state index is 5.66. The fourth-order valence-electron chi connectivity index (χ4n) is 2.73. The van der Waals surface area contributed by atoms with Crippen molar-refractivity contribution in [3.8, 4) is 0 Å². The summed E-state index contributed by atoms with van der Waals surface area (Å²) in [5, 5.41) is 6.73. The first kappa shape index (κ1) is 21.2. The predicted octanol–water partition coefficient (Wildman–Crippen LogP) is 3.62. The first-order chi connectivity index (χ1) is 11.0. The first-order valence-electron chi connectivity index (χ1n) is 8.72. The molecule has 1 saturated heterocycles. The van der Waals surface area contributed by atoms with Crippen LogP contribution in [-0.4, -0.2) is 38.3 Å². The molecule has 1 aromatic carbocycles. The number of guanidine groups is 1. The van der Waals surface area contributed by atoms with Gasteiger partial charge in [-0.1, -0.05) is 43.7 Å². The number of aliphatic imine (C=N–C) groups is 1. The second-order valence-electron chi connectivity index (χ2n) is 6.96. The van der Waals surface area contributed by atoms with E-state index < -0.39 is 0 Å². The average molecular weight is 445 g/mol. The summed E-state index contributed by atoms with van der Waals surface area (Å²) in [6.07, 6.45) is 2.63. The molecule has 0 bridgehead atoms. The van der Waals surface area contributed by atoms with Crippen molar-refractivity contribution < 1.29 is 4.74 Å². The molecule has 1 atom stereocenters. The molecule has 4 nitrogen and oxygen atoms in total. The Bertz CT molecular complexity index is 508. The lowest BCUT2D eigenvalue weighted by atomic mass is 9.84. The summed E-state index contributed by atoms with van der Waals surface area (Å²) in [5.74, 6) is 0.878. The largest absolute Gasteiger partial charge is 0.376 e. The molecule has 0 amide bonds. The minimum Gasteiger partial charge on any atom is -0.376 e. The van der Waals surface area contributed by atoms with E-state index in [2.05, 4.69) is 62.6 Å². The van der Waals surface area contributed by atoms with Crippen molar-refractivity contribution in [1.29, 1.82) is 0 Å². The molecule has 1 aliphatic rings. The third-order valence-corrected chi connectivity index (χ3v) is 4.33. The van der Waals surface area contributed by atoms with E-state index in [1.165, 1.54) is 17.5 Å². The monoisotopic (exact) mass is 445 g/mol. The van der Waals surface area contributed by atoms with Crippen molar-refractivity contribution in [3.63, 3.8) is 0 Å². The molecule has 0 spiro atoms. The quantitative estimate of drug-likeness (QED) is 0.400. The van der Waals surface area contributed by atoms with Gasteiger partial charge in [0, 0.05) is 25.1 Å². The van der Waals surface area contributed by atoms with Crippen molar-refractivity contribution in [2.24, 2.45) is 4.99 Å². The van der Waals surface area contributed by atoms with E-state index >= 15 is 0 Å². The van der Waals surface area contributed by atoms with E-state index in [0.29, 0.717) is 6.10 Å². The molecule has 0 aliphatic carbocycles. The Morgan fingerprint density at radius 1 is 1.25 bits per heavy atom. The van der Waals surface area contributed by atoms with Crippen molar-refractivity contribution in [3.05, 3.63) is 35.4 Å². The number of hydrogen-bond acceptors (Lipinski definition) is 2. The van der Waals surface area contributed by atoms with Gasteiger partial charge in [0.15, 0.2) is 5.96 Å². The van der Waals surface area contributed by atoms with Gasteiger partial charge in [0.25, 0.3) is 0 Å². The minimum absolute atomic E-state index is 0. The highest BCUT2D eigenvalue weighted by Crippen LogP contribution is 2.23. The highest BCUT2D eigenvalue weighted by atomic mass is 127. The summed E-state index contributed by atoms with van der Waals surface area (Å²) in [7, 11) is 0. The third-order valence-electron chi connectivity index (χ3n) is 4.33. The molecule has 1 heterocycles. The first-order valence-corrected chi connectivity index (χ1v) is 8.72. The van der Waals surface area contributed by atoms with Crippen LogP contribution in [0.15, 0.2) is 29.3 Å². The van der Waals surface area contributed by atoms with Gasteiger partial charge >= 0.3 is 0 Å². The molecule has 0 aromatic heterocycles. The zero-order valence-electron chi connectivity index (χ0n) is 15.4. The standard InChI is InChI=1S/C19H31N3O.HI/c1-5-20-18(21-13-17-7-6-12-23-17)22-14-19(3,4)16-10-8-15(2)9-11-16;/h8-11,17H,5-7,12-14H2,1-4H3,(H2,20,21,22);1H. The summed E-state index contributed by atoms with van der Waals surface area (Å²) in [4.78, 5) is 4.78. The van der Waals surface area contributed by atoms with Crippen LogP contribution in [-0.2, 0) is 10.2 Å². The number of hydrogen-bond donors (Lipinski definition) is 2. The smallest absolute Gasteiger partial charge is 0.191 e. The van der Waals surface area contributed by atoms with Gasteiger partial charge in [0.2, 0.25) is 0 Å². The second kappa shape index (κ2) is 10.2. The van der Waals surface area contributed by atoms with Gasteiger partial charge in [-0.3, -0.25) is 4.99 Å². The predicted molar refractivity (Wildman–Crippen MR) is 113 cm³/mol. The lowest BCUT2D eigenvalue weighted by Crippen LogP contribution is -2.41. The third kappa shape index (κ3) is 6.59. The number of nitrogens with one attached hydrogen (secondary N) is 2. The van der Waals surface area contributed by atoms with Crippen LogP contribution >= 0.6 is 24.0 Å². The minimum atomic E-state index is 0. The molecule has 1 unspecified atom stereocenters. The van der Waals surface area contributed by atoms with Gasteiger partial charge in [-0.15, -0.1) is 24.0 Å². The molecule has 0 saturated carbocycles. The molecular weight excluding hydrogens is 413 g/mol. The number of ether oxygens (including phenoxy) is 1. The summed E-state index contributed by atoms with van der Waals surface area (Å²) < 4.78 is 5.66. The SMILES string of the molecule is CCNC(=NCC(C)(C)c1ccc(C)cc1)NCC1CCCO1.I. The number of rotatable bonds is 6. The van der Waals surface area contributed by atoms with E-state index in [9.17, 15) is 0 Å². The fourth-order valence-corrected chi connectivity index (χ4v) is 2.73. The second-order valence-corrected chi connectivity index (χ2v) is 6.96. The number of aryl methyl sites for hydroxylation is 1. The Hall–Kier alpha value is -0.820. The van der Waals surface area contributed by atoms with Crippen LogP contribution in [0.3, 0.4) is 0 Å². The van der Waals surface area contributed by atoms with Crippen LogP contribution in [0.25, 0.3) is 0 Å². The molecule has 2 N–H and O–H groups in total. The molecular formula is C19H32IN3O. The molecule has 5 heteroatoms. The summed E-state index contributed by atoms with van der Waals surface area (Å²) >= 11 is 0. The van der Waals surface area contributed by atoms with E-state index in [0.717, 1.165) is 38.6 Å². The van der Waals surface area contributed by atoms with E-state index in [1.807, 2.05) is 0 Å². The molecule has 2 rings (SSSR count). The Balaban J connectivity index is 0.00000288. The summed E-state index contributed by atoms with van der Waals surface area (Å²) in [6, 6.07) is 8.75. The Labute approximate surface area is 163 Å². The average Bonchev–Trinajstić information content (AvgIpc) is 3.04. The topological polar surface area (TPSA) is 45.7 Å². The molecule has 1 aromatic rings. The molecule has 136 valence electrons. The van der Waals surface area contributed by atoms with E-state index in [-0.39, 0.29) is 29.4 Å². The lowest BCUT2D eigenvalue weighted by molar-refractivity contribution is 0.114. The van der Waals surface area contributed by atoms with Crippen LogP contribution in [0.2, 0.25) is 0 Å². The molecule has 0 radical (unpaired) electrons. The van der Waals surface area contributed by atoms with Gasteiger partial charge < -0.3 is 15.4 Å². The van der Waals surface area contributed by atoms with Gasteiger partial charge in [0.1, 0.15) is 0 Å². The van der Waals surface area contributed by atoms with Crippen molar-refractivity contribution in [2.75, 3.05) is 26.2 Å². The van der Waals surface area contributed by atoms with Gasteiger partial charge in [-0.2, -0.15) is 0 Å². The van der Waals surface area contributed by atoms with Crippen LogP contribution in [0, 0.1) is 6.92 Å². The zero-order valence-corrected chi connectivity index (χ0v) is 17.7. The van der Waals surface area contributed by atoms with E-state index in [4.69, 9.17) is 9.73 Å². The Kier molecular flexibility index (Phi) is 9.05. The summed E-state index contributed by atoms with van der Waals surface area (Å²) in [6.45, 7) is 12.0. The maximum Gasteiger partial charge on any atom is 0.191 e. The van der Waals surface area contributed by atoms with E-state index in [1.54, 1.807) is 0 Å². The zero-order chi connectivity index (χ0) is 16.7. The molecule has 1 aliphatic heterocycles. The van der Waals surface area contributed by atoms with Gasteiger partial charge in [-0.25, -0.2) is 0 Å². The maximum absolute atomic E-state index is 5.66. The van der Waals surface area contributed by atoms with Crippen LogP contribution in [0.1, 0.15) is 44.7 Å². The molecule has 1 fully saturated rings. The molecule has 24 heavy (non-hydrogen) atoms. The van der Waals surface area contributed by atoms with Crippen LogP contribution in [0.4, 0.5) is 0 Å². The highest BCUT2D eigenvalue weighted by molar-refractivity contribution is 14.0. The number of benzene rings is 1.